The van der Waals surface area contributed by atoms with E-state index in [0.717, 1.165) is 0 Å². The van der Waals surface area contributed by atoms with E-state index in [-0.39, 0.29) is 5.82 Å². The Balaban J connectivity index is 2.68. The first-order valence-corrected chi connectivity index (χ1v) is 3.51. The van der Waals surface area contributed by atoms with Crippen molar-refractivity contribution in [2.45, 2.75) is 0 Å². The number of carboxylic acid groups (broad SMARTS) is 1. The summed E-state index contributed by atoms with van der Waals surface area (Å²) in [6, 6.07) is 1.59. The number of carboxylic acids is 1. The predicted molar refractivity (Wildman–Crippen MR) is 45.3 cm³/mol. The number of aromatic carboxylic acids is 1. The number of carbonyl (C=O) groups is 1. The number of aromatic amines is 1. The fourth-order valence-electron chi connectivity index (χ4n) is 1.02. The van der Waals surface area contributed by atoms with E-state index in [1.807, 2.05) is 0 Å². The largest absolute Gasteiger partial charge is 0.475 e. The maximum absolute atomic E-state index is 10.5. The minimum atomic E-state index is -1.11. The topological polar surface area (TPSA) is 105 Å². The third kappa shape index (κ3) is 1.18. The number of rotatable bonds is 1. The van der Waals surface area contributed by atoms with Gasteiger partial charge in [0.05, 0.1) is 17.4 Å². The molecule has 66 valence electrons. The van der Waals surface area contributed by atoms with E-state index in [9.17, 15) is 4.79 Å². The molecule has 6 heteroatoms. The lowest BCUT2D eigenvalue weighted by Crippen LogP contribution is -1.97. The SMILES string of the molecule is Nc1cnc2nc(C(=O)O)[nH]c2c1. The Labute approximate surface area is 72.4 Å². The summed E-state index contributed by atoms with van der Waals surface area (Å²) < 4.78 is 0. The molecule has 0 aliphatic rings. The minimum Gasteiger partial charge on any atom is -0.475 e. The predicted octanol–water partition coefficient (Wildman–Crippen LogP) is 0.238. The molecule has 0 aliphatic heterocycles. The number of imidazole rings is 1. The Bertz CT molecular complexity index is 476. The number of pyridine rings is 1. The smallest absolute Gasteiger partial charge is 0.371 e. The molecule has 0 aliphatic carbocycles. The first-order valence-electron chi connectivity index (χ1n) is 3.51. The minimum absolute atomic E-state index is 0.131. The summed E-state index contributed by atoms with van der Waals surface area (Å²) in [5.41, 5.74) is 6.80. The summed E-state index contributed by atoms with van der Waals surface area (Å²) in [7, 11) is 0. The van der Waals surface area contributed by atoms with E-state index in [2.05, 4.69) is 15.0 Å². The van der Waals surface area contributed by atoms with Crippen molar-refractivity contribution in [3.05, 3.63) is 18.1 Å². The summed E-state index contributed by atoms with van der Waals surface area (Å²) in [6.45, 7) is 0. The summed E-state index contributed by atoms with van der Waals surface area (Å²) in [5.74, 6) is -1.25. The van der Waals surface area contributed by atoms with Crippen LogP contribution < -0.4 is 5.73 Å². The third-order valence-corrected chi connectivity index (χ3v) is 1.56. The van der Waals surface area contributed by atoms with Crippen LogP contribution in [0.25, 0.3) is 11.2 Å². The van der Waals surface area contributed by atoms with Gasteiger partial charge in [0.1, 0.15) is 0 Å². The second-order valence-electron chi connectivity index (χ2n) is 2.53. The molecule has 0 saturated carbocycles. The third-order valence-electron chi connectivity index (χ3n) is 1.56. The molecule has 2 heterocycles. The molecule has 0 radical (unpaired) electrons. The van der Waals surface area contributed by atoms with E-state index in [0.29, 0.717) is 16.9 Å². The number of H-pyrrole nitrogens is 1. The van der Waals surface area contributed by atoms with Gasteiger partial charge in [0, 0.05) is 0 Å². The molecular weight excluding hydrogens is 172 g/mol. The highest BCUT2D eigenvalue weighted by atomic mass is 16.4. The van der Waals surface area contributed by atoms with Gasteiger partial charge in [-0.25, -0.2) is 14.8 Å². The Kier molecular flexibility index (Phi) is 1.42. The molecule has 0 fully saturated rings. The van der Waals surface area contributed by atoms with Crippen molar-refractivity contribution in [1.29, 1.82) is 0 Å². The molecule has 13 heavy (non-hydrogen) atoms. The number of nitrogens with one attached hydrogen (secondary N) is 1. The number of nitrogens with zero attached hydrogens (tertiary/aromatic N) is 2. The van der Waals surface area contributed by atoms with Crippen molar-refractivity contribution >= 4 is 22.8 Å². The molecule has 0 saturated heterocycles. The molecule has 2 rings (SSSR count). The lowest BCUT2D eigenvalue weighted by atomic mass is 10.4. The van der Waals surface area contributed by atoms with Gasteiger partial charge in [0.15, 0.2) is 5.65 Å². The fraction of sp³-hybridized carbons (Fsp3) is 0. The van der Waals surface area contributed by atoms with Gasteiger partial charge in [0.25, 0.3) is 0 Å². The van der Waals surface area contributed by atoms with Crippen LogP contribution in [-0.4, -0.2) is 26.0 Å². The molecule has 4 N–H and O–H groups in total. The van der Waals surface area contributed by atoms with E-state index in [1.165, 1.54) is 6.20 Å². The van der Waals surface area contributed by atoms with Crippen molar-refractivity contribution in [1.82, 2.24) is 15.0 Å². The van der Waals surface area contributed by atoms with Crippen LogP contribution in [-0.2, 0) is 0 Å². The van der Waals surface area contributed by atoms with E-state index in [4.69, 9.17) is 10.8 Å². The van der Waals surface area contributed by atoms with Crippen LogP contribution in [0.5, 0.6) is 0 Å². The summed E-state index contributed by atoms with van der Waals surface area (Å²) in [6.07, 6.45) is 1.43. The molecule has 6 nitrogen and oxygen atoms in total. The maximum Gasteiger partial charge on any atom is 0.371 e. The summed E-state index contributed by atoms with van der Waals surface area (Å²) in [4.78, 5) is 20.7. The van der Waals surface area contributed by atoms with Crippen LogP contribution >= 0.6 is 0 Å². The summed E-state index contributed by atoms with van der Waals surface area (Å²) in [5, 5.41) is 8.60. The van der Waals surface area contributed by atoms with Crippen molar-refractivity contribution < 1.29 is 9.90 Å². The second kappa shape index (κ2) is 2.44. The molecule has 0 unspecified atom stereocenters. The number of hydrogen-bond donors (Lipinski definition) is 3. The van der Waals surface area contributed by atoms with Crippen LogP contribution in [0.4, 0.5) is 5.69 Å². The molecule has 2 aromatic rings. The van der Waals surface area contributed by atoms with Gasteiger partial charge in [-0.1, -0.05) is 0 Å². The molecule has 0 amide bonds. The van der Waals surface area contributed by atoms with Crippen LogP contribution in [0, 0.1) is 0 Å². The Hall–Kier alpha value is -2.11. The summed E-state index contributed by atoms with van der Waals surface area (Å²) >= 11 is 0. The highest BCUT2D eigenvalue weighted by Gasteiger charge is 2.09. The first kappa shape index (κ1) is 7.53. The van der Waals surface area contributed by atoms with Crippen LogP contribution in [0.3, 0.4) is 0 Å². The van der Waals surface area contributed by atoms with E-state index in [1.54, 1.807) is 6.07 Å². The Morgan fingerprint density at radius 3 is 3.08 bits per heavy atom. The van der Waals surface area contributed by atoms with Crippen molar-refractivity contribution in [2.75, 3.05) is 5.73 Å². The molecule has 0 spiro atoms. The number of nitrogen functional groups attached to an aromatic ring is 1. The second-order valence-corrected chi connectivity index (χ2v) is 2.53. The standard InChI is InChI=1S/C7H6N4O2/c8-3-1-4-5(9-2-3)11-6(10-4)7(12)13/h1-2H,8H2,(H,12,13)(H,9,10,11). The van der Waals surface area contributed by atoms with E-state index < -0.39 is 5.97 Å². The molecule has 2 aromatic heterocycles. The zero-order valence-corrected chi connectivity index (χ0v) is 6.48. The fourth-order valence-corrected chi connectivity index (χ4v) is 1.02. The number of hydrogen-bond acceptors (Lipinski definition) is 4. The highest BCUT2D eigenvalue weighted by molar-refractivity contribution is 5.88. The highest BCUT2D eigenvalue weighted by Crippen LogP contribution is 2.11. The number of anilines is 1. The van der Waals surface area contributed by atoms with Gasteiger partial charge >= 0.3 is 5.97 Å². The quantitative estimate of drug-likeness (QED) is 0.580. The molecule has 0 atom stereocenters. The number of aromatic nitrogens is 3. The average molecular weight is 178 g/mol. The lowest BCUT2D eigenvalue weighted by molar-refractivity contribution is 0.0685. The van der Waals surface area contributed by atoms with Gasteiger partial charge < -0.3 is 15.8 Å². The number of nitrogens with two attached hydrogens (primary N) is 1. The zero-order valence-electron chi connectivity index (χ0n) is 6.48. The average Bonchev–Trinajstić information content (AvgIpc) is 2.46. The zero-order chi connectivity index (χ0) is 9.42. The van der Waals surface area contributed by atoms with E-state index >= 15 is 0 Å². The number of fused-ring (bicyclic) bond motifs is 1. The first-order chi connectivity index (χ1) is 6.16. The van der Waals surface area contributed by atoms with Crippen LogP contribution in [0.1, 0.15) is 10.6 Å². The van der Waals surface area contributed by atoms with Gasteiger partial charge in [-0.15, -0.1) is 0 Å². The monoisotopic (exact) mass is 178 g/mol. The van der Waals surface area contributed by atoms with Crippen LogP contribution in [0.2, 0.25) is 0 Å². The van der Waals surface area contributed by atoms with Crippen molar-refractivity contribution in [3.63, 3.8) is 0 Å². The van der Waals surface area contributed by atoms with Gasteiger partial charge in [0.2, 0.25) is 5.82 Å². The van der Waals surface area contributed by atoms with Gasteiger partial charge in [-0.3, -0.25) is 0 Å². The van der Waals surface area contributed by atoms with Crippen LogP contribution in [0.15, 0.2) is 12.3 Å². The lowest BCUT2D eigenvalue weighted by Gasteiger charge is -1.88. The van der Waals surface area contributed by atoms with Crippen molar-refractivity contribution in [2.24, 2.45) is 0 Å². The van der Waals surface area contributed by atoms with Crippen molar-refractivity contribution in [3.8, 4) is 0 Å². The Morgan fingerprint density at radius 2 is 2.38 bits per heavy atom. The molecule has 0 bridgehead atoms. The van der Waals surface area contributed by atoms with Gasteiger partial charge in [-0.05, 0) is 6.07 Å². The Morgan fingerprint density at radius 1 is 1.62 bits per heavy atom. The molecule has 0 aromatic carbocycles. The van der Waals surface area contributed by atoms with Gasteiger partial charge in [-0.2, -0.15) is 0 Å². The normalized spacial score (nSPS) is 10.5. The molecular formula is C7H6N4O2. The maximum atomic E-state index is 10.5.